The molecule has 2 N–H and O–H groups in total. The Balaban J connectivity index is 1.96. The van der Waals surface area contributed by atoms with Gasteiger partial charge in [-0.05, 0) is 70.2 Å². The highest BCUT2D eigenvalue weighted by molar-refractivity contribution is 6.17. The van der Waals surface area contributed by atoms with Crippen molar-refractivity contribution in [2.45, 2.75) is 46.5 Å². The molecule has 5 nitrogen and oxygen atoms in total. The van der Waals surface area contributed by atoms with Crippen LogP contribution in [-0.2, 0) is 17.6 Å². The molecule has 5 rings (SSSR count). The highest BCUT2D eigenvalue weighted by Gasteiger charge is 2.28. The van der Waals surface area contributed by atoms with E-state index in [1.54, 1.807) is 6.07 Å². The maximum absolute atomic E-state index is 12.9. The number of carbonyl (C=O) groups is 1. The summed E-state index contributed by atoms with van der Waals surface area (Å²) in [6.07, 6.45) is 4.24. The van der Waals surface area contributed by atoms with Gasteiger partial charge in [-0.25, -0.2) is 4.79 Å². The van der Waals surface area contributed by atoms with Gasteiger partial charge in [0.2, 0.25) is 0 Å². The molecule has 4 aromatic rings. The minimum atomic E-state index is -0.353. The molecule has 0 atom stereocenters. The Hall–Kier alpha value is -3.21. The van der Waals surface area contributed by atoms with E-state index in [0.29, 0.717) is 12.2 Å². The number of phenols is 1. The third-order valence-corrected chi connectivity index (χ3v) is 6.29. The molecule has 0 spiro atoms. The van der Waals surface area contributed by atoms with E-state index in [2.05, 4.69) is 40.7 Å². The Morgan fingerprint density at radius 1 is 1.17 bits per heavy atom. The summed E-state index contributed by atoms with van der Waals surface area (Å²) >= 11 is 0. The normalized spacial score (nSPS) is 13.7. The summed E-state index contributed by atoms with van der Waals surface area (Å²) in [6, 6.07) is 10.0. The molecule has 5 heteroatoms. The Morgan fingerprint density at radius 2 is 1.90 bits per heavy atom. The largest absolute Gasteiger partial charge is 0.506 e. The van der Waals surface area contributed by atoms with Gasteiger partial charge in [0.15, 0.2) is 0 Å². The van der Waals surface area contributed by atoms with Crippen LogP contribution in [-0.4, -0.2) is 27.2 Å². The van der Waals surface area contributed by atoms with E-state index in [1.165, 1.54) is 16.8 Å². The number of phenolic OH excluding ortho intramolecular Hbond substituents is 1. The van der Waals surface area contributed by atoms with E-state index in [9.17, 15) is 9.90 Å². The van der Waals surface area contributed by atoms with Gasteiger partial charge in [-0.2, -0.15) is 0 Å². The molecule has 0 saturated carbocycles. The van der Waals surface area contributed by atoms with Gasteiger partial charge in [0.05, 0.1) is 23.2 Å². The number of rotatable bonds is 3. The first-order valence-corrected chi connectivity index (χ1v) is 10.7. The van der Waals surface area contributed by atoms with Crippen LogP contribution in [0.15, 0.2) is 30.3 Å². The van der Waals surface area contributed by atoms with Gasteiger partial charge in [0.25, 0.3) is 0 Å². The van der Waals surface area contributed by atoms with Crippen LogP contribution < -0.4 is 0 Å². The molecule has 0 unspecified atom stereocenters. The lowest BCUT2D eigenvalue weighted by molar-refractivity contribution is 0.0527. The predicted octanol–water partition coefficient (Wildman–Crippen LogP) is 5.49. The Labute approximate surface area is 175 Å². The van der Waals surface area contributed by atoms with Crippen molar-refractivity contribution in [1.82, 2.24) is 9.55 Å². The number of benzene rings is 2. The Morgan fingerprint density at radius 3 is 2.63 bits per heavy atom. The van der Waals surface area contributed by atoms with Gasteiger partial charge in [-0.15, -0.1) is 0 Å². The van der Waals surface area contributed by atoms with E-state index in [4.69, 9.17) is 4.74 Å². The van der Waals surface area contributed by atoms with Crippen LogP contribution in [0.2, 0.25) is 0 Å². The van der Waals surface area contributed by atoms with Crippen LogP contribution in [0.5, 0.6) is 5.75 Å². The van der Waals surface area contributed by atoms with E-state index < -0.39 is 0 Å². The van der Waals surface area contributed by atoms with Crippen LogP contribution in [0.25, 0.3) is 27.5 Å². The molecular weight excluding hydrogens is 376 g/mol. The van der Waals surface area contributed by atoms with Gasteiger partial charge in [0.1, 0.15) is 5.75 Å². The summed E-state index contributed by atoms with van der Waals surface area (Å²) in [6.45, 7) is 6.13. The van der Waals surface area contributed by atoms with Crippen molar-refractivity contribution in [1.29, 1.82) is 0 Å². The van der Waals surface area contributed by atoms with E-state index in [-0.39, 0.29) is 11.7 Å². The topological polar surface area (TPSA) is 67.2 Å². The van der Waals surface area contributed by atoms with E-state index in [1.807, 2.05) is 13.8 Å². The second-order valence-electron chi connectivity index (χ2n) is 8.18. The van der Waals surface area contributed by atoms with Crippen molar-refractivity contribution in [3.63, 3.8) is 0 Å². The minimum Gasteiger partial charge on any atom is -0.506 e. The summed E-state index contributed by atoms with van der Waals surface area (Å²) in [7, 11) is 0. The lowest BCUT2D eigenvalue weighted by atomic mass is 9.94. The molecule has 2 aromatic heterocycles. The summed E-state index contributed by atoms with van der Waals surface area (Å²) < 4.78 is 7.53. The summed E-state index contributed by atoms with van der Waals surface area (Å²) in [5, 5.41) is 12.6. The molecule has 0 aliphatic heterocycles. The molecule has 30 heavy (non-hydrogen) atoms. The standard InChI is InChI=1S/C25H26N2O3/c1-4-30-25(29)21-15(3)27(16-11-9-14(2)10-12-16)24-18(21)13-20(28)23-22(24)17-7-5-6-8-19(17)26-23/h9-13,26,28H,4-8H2,1-3H3. The second-order valence-corrected chi connectivity index (χ2v) is 8.18. The fourth-order valence-electron chi connectivity index (χ4n) is 4.92. The number of hydrogen-bond acceptors (Lipinski definition) is 3. The van der Waals surface area contributed by atoms with Crippen LogP contribution in [0, 0.1) is 13.8 Å². The first-order valence-electron chi connectivity index (χ1n) is 10.7. The summed E-state index contributed by atoms with van der Waals surface area (Å²) in [5.74, 6) is -0.174. The minimum absolute atomic E-state index is 0.179. The monoisotopic (exact) mass is 402 g/mol. The van der Waals surface area contributed by atoms with Gasteiger partial charge in [-0.1, -0.05) is 17.7 Å². The number of hydrogen-bond donors (Lipinski definition) is 2. The van der Waals surface area contributed by atoms with Crippen molar-refractivity contribution in [2.75, 3.05) is 6.61 Å². The molecule has 0 radical (unpaired) electrons. The third-order valence-electron chi connectivity index (χ3n) is 6.29. The lowest BCUT2D eigenvalue weighted by Gasteiger charge is -2.13. The molecule has 0 saturated heterocycles. The quantitative estimate of drug-likeness (QED) is 0.445. The second kappa shape index (κ2) is 6.94. The third kappa shape index (κ3) is 2.65. The number of aryl methyl sites for hydroxylation is 3. The number of nitrogens with zero attached hydrogens (tertiary/aromatic N) is 1. The van der Waals surface area contributed by atoms with Gasteiger partial charge in [0, 0.05) is 27.8 Å². The van der Waals surface area contributed by atoms with Crippen molar-refractivity contribution in [2.24, 2.45) is 0 Å². The number of H-pyrrole nitrogens is 1. The molecule has 1 aliphatic rings. The van der Waals surface area contributed by atoms with E-state index in [0.717, 1.165) is 58.9 Å². The first-order chi connectivity index (χ1) is 14.5. The fraction of sp³-hybridized carbons (Fsp3) is 0.320. The van der Waals surface area contributed by atoms with Crippen LogP contribution in [0.1, 0.15) is 52.6 Å². The smallest absolute Gasteiger partial charge is 0.340 e. The molecule has 0 bridgehead atoms. The number of fused-ring (bicyclic) bond motifs is 5. The number of ether oxygens (including phenoxy) is 1. The van der Waals surface area contributed by atoms with Gasteiger partial charge >= 0.3 is 5.97 Å². The van der Waals surface area contributed by atoms with E-state index >= 15 is 0 Å². The Kier molecular flexibility index (Phi) is 4.35. The zero-order valence-corrected chi connectivity index (χ0v) is 17.6. The lowest BCUT2D eigenvalue weighted by Crippen LogP contribution is -2.07. The maximum Gasteiger partial charge on any atom is 0.340 e. The summed E-state index contributed by atoms with van der Waals surface area (Å²) in [4.78, 5) is 16.4. The summed E-state index contributed by atoms with van der Waals surface area (Å²) in [5.41, 5.74) is 7.71. The zero-order chi connectivity index (χ0) is 21.0. The number of aromatic hydroxyl groups is 1. The SMILES string of the molecule is CCOC(=O)c1c(C)n(-c2ccc(C)cc2)c2c1cc(O)c1[nH]c3c(c12)CCCC3. The molecule has 1 aliphatic carbocycles. The maximum atomic E-state index is 12.9. The van der Waals surface area contributed by atoms with Gasteiger partial charge < -0.3 is 19.4 Å². The fourth-order valence-corrected chi connectivity index (χ4v) is 4.92. The van der Waals surface area contributed by atoms with Crippen LogP contribution in [0.3, 0.4) is 0 Å². The first kappa shape index (κ1) is 18.8. The molecule has 0 fully saturated rings. The average Bonchev–Trinajstić information content (AvgIpc) is 3.25. The highest BCUT2D eigenvalue weighted by Crippen LogP contribution is 2.43. The number of aromatic amines is 1. The number of aromatic nitrogens is 2. The number of nitrogens with one attached hydrogen (secondary N) is 1. The highest BCUT2D eigenvalue weighted by atomic mass is 16.5. The number of esters is 1. The van der Waals surface area contributed by atoms with Crippen LogP contribution in [0.4, 0.5) is 0 Å². The molecule has 154 valence electrons. The van der Waals surface area contributed by atoms with Crippen molar-refractivity contribution in [3.05, 3.63) is 58.4 Å². The predicted molar refractivity (Wildman–Crippen MR) is 119 cm³/mol. The molecule has 2 heterocycles. The average molecular weight is 402 g/mol. The van der Waals surface area contributed by atoms with Crippen molar-refractivity contribution >= 4 is 27.8 Å². The van der Waals surface area contributed by atoms with Crippen molar-refractivity contribution in [3.8, 4) is 11.4 Å². The zero-order valence-electron chi connectivity index (χ0n) is 17.6. The van der Waals surface area contributed by atoms with Crippen LogP contribution >= 0.6 is 0 Å². The molecular formula is C25H26N2O3. The number of carbonyl (C=O) groups excluding carboxylic acids is 1. The molecule has 0 amide bonds. The van der Waals surface area contributed by atoms with Gasteiger partial charge in [-0.3, -0.25) is 0 Å². The molecule has 2 aromatic carbocycles. The Bertz CT molecular complexity index is 1290. The van der Waals surface area contributed by atoms with Crippen molar-refractivity contribution < 1.29 is 14.6 Å².